The first kappa shape index (κ1) is 25.7. The molecule has 1 aliphatic carbocycles. The van der Waals surface area contributed by atoms with Gasteiger partial charge in [0.2, 0.25) is 5.91 Å². The van der Waals surface area contributed by atoms with Gasteiger partial charge in [0.25, 0.3) is 0 Å². The monoisotopic (exact) mass is 511 g/mol. The van der Waals surface area contributed by atoms with Gasteiger partial charge in [-0.05, 0) is 60.6 Å². The number of allylic oxidation sites excluding steroid dienone is 1. The van der Waals surface area contributed by atoms with E-state index >= 15 is 0 Å². The number of carbonyl (C=O) groups excluding carboxylic acids is 2. The largest absolute Gasteiger partial charge is 0.357 e. The lowest BCUT2D eigenvalue weighted by atomic mass is 9.73. The molecule has 0 aromatic heterocycles. The van der Waals surface area contributed by atoms with Crippen molar-refractivity contribution in [2.45, 2.75) is 46.1 Å². The minimum atomic E-state index is -0.395. The number of halogens is 1. The molecule has 0 radical (unpaired) electrons. The fraction of sp³-hybridized carbons (Fsp3) is 0.312. The molecule has 0 bridgehead atoms. The van der Waals surface area contributed by atoms with Crippen LogP contribution in [0.25, 0.3) is 0 Å². The van der Waals surface area contributed by atoms with Crippen molar-refractivity contribution in [1.29, 1.82) is 0 Å². The fourth-order valence-corrected chi connectivity index (χ4v) is 5.53. The number of hydrogen-bond acceptors (Lipinski definition) is 4. The van der Waals surface area contributed by atoms with Crippen molar-refractivity contribution in [3.63, 3.8) is 0 Å². The van der Waals surface area contributed by atoms with Gasteiger partial charge in [-0.2, -0.15) is 0 Å². The van der Waals surface area contributed by atoms with Crippen molar-refractivity contribution in [3.05, 3.63) is 107 Å². The molecule has 0 fully saturated rings. The molecule has 3 aromatic carbocycles. The number of benzene rings is 3. The van der Waals surface area contributed by atoms with E-state index in [0.717, 1.165) is 45.8 Å². The Morgan fingerprint density at radius 1 is 1.03 bits per heavy atom. The third-order valence-electron chi connectivity index (χ3n) is 7.36. The Balaban J connectivity index is 1.50. The first-order valence-corrected chi connectivity index (χ1v) is 13.2. The van der Waals surface area contributed by atoms with Crippen LogP contribution in [-0.2, 0) is 16.0 Å². The highest BCUT2D eigenvalue weighted by Gasteiger charge is 2.41. The molecular weight excluding hydrogens is 477 g/mol. The molecule has 1 atom stereocenters. The zero-order valence-electron chi connectivity index (χ0n) is 22.2. The summed E-state index contributed by atoms with van der Waals surface area (Å²) < 4.78 is 13.2. The highest BCUT2D eigenvalue weighted by Crippen LogP contribution is 2.48. The Kier molecular flexibility index (Phi) is 7.06. The maximum absolute atomic E-state index is 13.7. The molecule has 1 aliphatic heterocycles. The van der Waals surface area contributed by atoms with E-state index in [2.05, 4.69) is 53.6 Å². The summed E-state index contributed by atoms with van der Waals surface area (Å²) in [5.41, 5.74) is 6.37. The second kappa shape index (κ2) is 10.4. The van der Waals surface area contributed by atoms with Gasteiger partial charge in [0.15, 0.2) is 5.78 Å². The highest BCUT2D eigenvalue weighted by molar-refractivity contribution is 6.01. The van der Waals surface area contributed by atoms with E-state index in [1.54, 1.807) is 12.1 Å². The normalized spacial score (nSPS) is 18.3. The minimum Gasteiger partial charge on any atom is -0.357 e. The third kappa shape index (κ3) is 5.49. The Bertz CT molecular complexity index is 1380. The van der Waals surface area contributed by atoms with Crippen LogP contribution in [0.4, 0.5) is 15.8 Å². The van der Waals surface area contributed by atoms with Crippen LogP contribution < -0.4 is 15.5 Å². The molecule has 38 heavy (non-hydrogen) atoms. The number of amides is 1. The predicted molar refractivity (Wildman–Crippen MR) is 149 cm³/mol. The Morgan fingerprint density at radius 2 is 1.74 bits per heavy atom. The number of nitrogens with one attached hydrogen (secondary N) is 2. The summed E-state index contributed by atoms with van der Waals surface area (Å²) in [5.74, 6) is -0.293. The van der Waals surface area contributed by atoms with E-state index in [9.17, 15) is 14.0 Å². The summed E-state index contributed by atoms with van der Waals surface area (Å²) >= 11 is 0. The van der Waals surface area contributed by atoms with Crippen molar-refractivity contribution >= 4 is 23.1 Å². The van der Waals surface area contributed by atoms with E-state index in [4.69, 9.17) is 0 Å². The summed E-state index contributed by atoms with van der Waals surface area (Å²) in [6.07, 6.45) is 1.82. The lowest BCUT2D eigenvalue weighted by molar-refractivity contribution is -0.120. The predicted octanol–water partition coefficient (Wildman–Crippen LogP) is 6.11. The summed E-state index contributed by atoms with van der Waals surface area (Å²) in [6.45, 7) is 6.82. The second-order valence-corrected chi connectivity index (χ2v) is 11.1. The SMILES string of the molecule is Cc1ccc(C2C3=C(CC(C)(C)CC3=O)Nc3ccccc3N2CC(=O)NCCc2ccc(F)cc2)cc1. The number of fused-ring (bicyclic) bond motifs is 1. The number of para-hydroxylation sites is 2. The maximum Gasteiger partial charge on any atom is 0.239 e. The summed E-state index contributed by atoms with van der Waals surface area (Å²) in [5, 5.41) is 6.61. The van der Waals surface area contributed by atoms with Crippen LogP contribution in [0.2, 0.25) is 0 Å². The molecule has 5 rings (SSSR count). The van der Waals surface area contributed by atoms with E-state index in [0.29, 0.717) is 19.4 Å². The van der Waals surface area contributed by atoms with Gasteiger partial charge in [-0.15, -0.1) is 0 Å². The van der Waals surface area contributed by atoms with Gasteiger partial charge < -0.3 is 15.5 Å². The van der Waals surface area contributed by atoms with Gasteiger partial charge in [0, 0.05) is 24.2 Å². The van der Waals surface area contributed by atoms with Crippen LogP contribution in [-0.4, -0.2) is 24.8 Å². The van der Waals surface area contributed by atoms with Gasteiger partial charge in [-0.25, -0.2) is 4.39 Å². The highest BCUT2D eigenvalue weighted by atomic mass is 19.1. The molecule has 196 valence electrons. The molecule has 0 spiro atoms. The molecule has 2 N–H and O–H groups in total. The molecular formula is C32H34FN3O2. The Hall–Kier alpha value is -3.93. The van der Waals surface area contributed by atoms with Gasteiger partial charge in [0.1, 0.15) is 5.82 Å². The smallest absolute Gasteiger partial charge is 0.239 e. The number of aryl methyl sites for hydroxylation is 1. The van der Waals surface area contributed by atoms with Crippen molar-refractivity contribution < 1.29 is 14.0 Å². The second-order valence-electron chi connectivity index (χ2n) is 11.1. The quantitative estimate of drug-likeness (QED) is 0.419. The number of nitrogens with zero attached hydrogens (tertiary/aromatic N) is 1. The van der Waals surface area contributed by atoms with Gasteiger partial charge in [0.05, 0.1) is 24.0 Å². The maximum atomic E-state index is 13.7. The zero-order chi connectivity index (χ0) is 26.9. The molecule has 5 nitrogen and oxygen atoms in total. The fourth-order valence-electron chi connectivity index (χ4n) is 5.53. The van der Waals surface area contributed by atoms with Gasteiger partial charge in [-0.1, -0.05) is 67.9 Å². The first-order chi connectivity index (χ1) is 18.2. The lowest BCUT2D eigenvalue weighted by Gasteiger charge is -2.38. The van der Waals surface area contributed by atoms with Gasteiger partial charge >= 0.3 is 0 Å². The number of ketones is 1. The topological polar surface area (TPSA) is 61.4 Å². The number of rotatable bonds is 6. The minimum absolute atomic E-state index is 0.0914. The zero-order valence-corrected chi connectivity index (χ0v) is 22.2. The molecule has 1 amide bonds. The summed E-state index contributed by atoms with van der Waals surface area (Å²) in [7, 11) is 0. The van der Waals surface area contributed by atoms with Crippen molar-refractivity contribution in [1.82, 2.24) is 5.32 Å². The first-order valence-electron chi connectivity index (χ1n) is 13.2. The van der Waals surface area contributed by atoms with Crippen LogP contribution in [0.1, 0.15) is 49.4 Å². The summed E-state index contributed by atoms with van der Waals surface area (Å²) in [6, 6.07) is 22.1. The molecule has 3 aromatic rings. The molecule has 1 heterocycles. The van der Waals surface area contributed by atoms with E-state index in [-0.39, 0.29) is 29.5 Å². The molecule has 0 saturated heterocycles. The molecule has 2 aliphatic rings. The van der Waals surface area contributed by atoms with E-state index in [1.165, 1.54) is 12.1 Å². The summed E-state index contributed by atoms with van der Waals surface area (Å²) in [4.78, 5) is 29.1. The van der Waals surface area contributed by atoms with Crippen LogP contribution in [0, 0.1) is 18.2 Å². The Labute approximate surface area is 223 Å². The molecule has 0 saturated carbocycles. The molecule has 1 unspecified atom stereocenters. The number of carbonyl (C=O) groups is 2. The van der Waals surface area contributed by atoms with Crippen molar-refractivity contribution in [3.8, 4) is 0 Å². The van der Waals surface area contributed by atoms with Crippen molar-refractivity contribution in [2.75, 3.05) is 23.3 Å². The number of hydrogen-bond donors (Lipinski definition) is 2. The Morgan fingerprint density at radius 3 is 2.47 bits per heavy atom. The average molecular weight is 512 g/mol. The van der Waals surface area contributed by atoms with Crippen LogP contribution in [0.3, 0.4) is 0 Å². The van der Waals surface area contributed by atoms with Crippen LogP contribution in [0.15, 0.2) is 84.1 Å². The average Bonchev–Trinajstić information content (AvgIpc) is 2.99. The van der Waals surface area contributed by atoms with Crippen LogP contribution >= 0.6 is 0 Å². The standard InChI is InChI=1S/C32H34FN3O2/c1-21-8-12-23(13-9-21)31-30-26(18-32(2,3)19-28(30)37)35-25-6-4-5-7-27(25)36(31)20-29(38)34-17-16-22-10-14-24(33)15-11-22/h4-15,31,35H,16-20H2,1-3H3,(H,34,38). The third-order valence-corrected chi connectivity index (χ3v) is 7.36. The number of anilines is 2. The lowest BCUT2D eigenvalue weighted by Crippen LogP contribution is -2.42. The van der Waals surface area contributed by atoms with Crippen molar-refractivity contribution in [2.24, 2.45) is 5.41 Å². The van der Waals surface area contributed by atoms with Gasteiger partial charge in [-0.3, -0.25) is 9.59 Å². The van der Waals surface area contributed by atoms with E-state index < -0.39 is 6.04 Å². The van der Waals surface area contributed by atoms with Crippen LogP contribution in [0.5, 0.6) is 0 Å². The number of Topliss-reactive ketones (excluding diaryl/α,β-unsaturated/α-hetero) is 1. The molecule has 6 heteroatoms. The van der Waals surface area contributed by atoms with E-state index in [1.807, 2.05) is 31.2 Å².